The first-order chi connectivity index (χ1) is 11.7. The number of nitrogens with zero attached hydrogens (tertiary/aromatic N) is 1. The first-order valence-electron chi connectivity index (χ1n) is 8.23. The summed E-state index contributed by atoms with van der Waals surface area (Å²) in [5, 5.41) is 16.0. The Hall–Kier alpha value is -2.83. The first kappa shape index (κ1) is 14.7. The van der Waals surface area contributed by atoms with Crippen molar-refractivity contribution in [1.82, 2.24) is 20.4 Å². The fourth-order valence-corrected chi connectivity index (χ4v) is 2.90. The Labute approximate surface area is 137 Å². The van der Waals surface area contributed by atoms with E-state index in [2.05, 4.69) is 25.7 Å². The van der Waals surface area contributed by atoms with Gasteiger partial charge in [0, 0.05) is 24.1 Å². The lowest BCUT2D eigenvalue weighted by molar-refractivity contribution is -0.116. The summed E-state index contributed by atoms with van der Waals surface area (Å²) in [6, 6.07) is 7.61. The Kier molecular flexibility index (Phi) is 3.68. The van der Waals surface area contributed by atoms with Gasteiger partial charge in [-0.2, -0.15) is 5.10 Å². The van der Waals surface area contributed by atoms with Gasteiger partial charge in [-0.3, -0.25) is 24.9 Å². The van der Waals surface area contributed by atoms with Gasteiger partial charge in [-0.05, 0) is 43.4 Å². The summed E-state index contributed by atoms with van der Waals surface area (Å²) in [4.78, 5) is 23.5. The minimum atomic E-state index is -0.111. The highest BCUT2D eigenvalue weighted by Crippen LogP contribution is 2.39. The number of hydrogen-bond donors (Lipinski definition) is 4. The van der Waals surface area contributed by atoms with E-state index < -0.39 is 0 Å². The Morgan fingerprint density at radius 1 is 1.25 bits per heavy atom. The zero-order chi connectivity index (χ0) is 16.5. The average molecular weight is 325 g/mol. The van der Waals surface area contributed by atoms with Crippen LogP contribution in [0.25, 0.3) is 10.9 Å². The first-order valence-corrected chi connectivity index (χ1v) is 8.23. The number of aryl methyl sites for hydroxylation is 1. The SMILES string of the molecule is O=C(CCCc1ccc2c(=O)[nH][nH]c2c1)Nc1cc(C2CC2)[nH]n1. The van der Waals surface area contributed by atoms with Crippen LogP contribution >= 0.6 is 0 Å². The Bertz CT molecular complexity index is 932. The summed E-state index contributed by atoms with van der Waals surface area (Å²) in [6.45, 7) is 0. The number of anilines is 1. The minimum Gasteiger partial charge on any atom is -0.309 e. The molecule has 1 fully saturated rings. The van der Waals surface area contributed by atoms with Gasteiger partial charge in [-0.25, -0.2) is 0 Å². The van der Waals surface area contributed by atoms with Crippen molar-refractivity contribution in [3.8, 4) is 0 Å². The van der Waals surface area contributed by atoms with Crippen molar-refractivity contribution in [3.05, 3.63) is 45.9 Å². The van der Waals surface area contributed by atoms with Gasteiger partial charge >= 0.3 is 0 Å². The summed E-state index contributed by atoms with van der Waals surface area (Å²) in [5.74, 6) is 1.17. The average Bonchev–Trinajstić information content (AvgIpc) is 3.22. The molecule has 1 amide bonds. The Morgan fingerprint density at radius 2 is 2.12 bits per heavy atom. The van der Waals surface area contributed by atoms with E-state index in [1.54, 1.807) is 0 Å². The highest BCUT2D eigenvalue weighted by Gasteiger charge is 2.25. The molecule has 0 atom stereocenters. The molecule has 0 radical (unpaired) electrons. The number of aromatic amines is 3. The van der Waals surface area contributed by atoms with Crippen LogP contribution in [0.4, 0.5) is 5.82 Å². The maximum atomic E-state index is 12.0. The normalized spacial score (nSPS) is 14.2. The molecular formula is C17H19N5O2. The van der Waals surface area contributed by atoms with Crippen molar-refractivity contribution < 1.29 is 4.79 Å². The van der Waals surface area contributed by atoms with Gasteiger partial charge in [0.15, 0.2) is 5.82 Å². The summed E-state index contributed by atoms with van der Waals surface area (Å²) in [5.41, 5.74) is 2.90. The van der Waals surface area contributed by atoms with E-state index in [-0.39, 0.29) is 11.5 Å². The number of aromatic nitrogens is 4. The molecule has 0 saturated heterocycles. The van der Waals surface area contributed by atoms with Crippen molar-refractivity contribution in [2.45, 2.75) is 38.0 Å². The molecule has 1 saturated carbocycles. The zero-order valence-corrected chi connectivity index (χ0v) is 13.2. The molecule has 124 valence electrons. The monoisotopic (exact) mass is 325 g/mol. The van der Waals surface area contributed by atoms with Gasteiger partial charge in [-0.15, -0.1) is 0 Å². The minimum absolute atomic E-state index is 0.0278. The van der Waals surface area contributed by atoms with E-state index in [9.17, 15) is 9.59 Å². The largest absolute Gasteiger partial charge is 0.309 e. The van der Waals surface area contributed by atoms with Crippen LogP contribution in [0, 0.1) is 0 Å². The zero-order valence-electron chi connectivity index (χ0n) is 13.2. The van der Waals surface area contributed by atoms with Crippen molar-refractivity contribution >= 4 is 22.6 Å². The summed E-state index contributed by atoms with van der Waals surface area (Å²) >= 11 is 0. The molecule has 24 heavy (non-hydrogen) atoms. The van der Waals surface area contributed by atoms with Crippen LogP contribution in [-0.2, 0) is 11.2 Å². The number of amides is 1. The van der Waals surface area contributed by atoms with Crippen molar-refractivity contribution in [2.24, 2.45) is 0 Å². The van der Waals surface area contributed by atoms with Gasteiger partial charge in [-0.1, -0.05) is 6.07 Å². The van der Waals surface area contributed by atoms with Crippen LogP contribution in [0.1, 0.15) is 42.9 Å². The topological polar surface area (TPSA) is 106 Å². The predicted molar refractivity (Wildman–Crippen MR) is 91.0 cm³/mol. The van der Waals surface area contributed by atoms with Crippen molar-refractivity contribution in [1.29, 1.82) is 0 Å². The number of benzene rings is 1. The van der Waals surface area contributed by atoms with Crippen molar-refractivity contribution in [2.75, 3.05) is 5.32 Å². The highest BCUT2D eigenvalue weighted by atomic mass is 16.1. The standard InChI is InChI=1S/C17H19N5O2/c23-16(18-15-9-13(19-21-15)11-5-6-11)3-1-2-10-4-7-12-14(8-10)20-22-17(12)24/h4,7-9,11H,1-3,5-6H2,(H2,20,22,24)(H2,18,19,21,23). The molecule has 1 aliphatic rings. The molecule has 2 aromatic heterocycles. The van der Waals surface area contributed by atoms with E-state index in [1.165, 1.54) is 12.8 Å². The Morgan fingerprint density at radius 3 is 2.96 bits per heavy atom. The third-order valence-corrected chi connectivity index (χ3v) is 4.39. The molecule has 7 nitrogen and oxygen atoms in total. The van der Waals surface area contributed by atoms with Crippen LogP contribution in [-0.4, -0.2) is 26.3 Å². The highest BCUT2D eigenvalue weighted by molar-refractivity contribution is 5.89. The van der Waals surface area contributed by atoms with Crippen LogP contribution in [0.5, 0.6) is 0 Å². The molecule has 7 heteroatoms. The number of hydrogen-bond acceptors (Lipinski definition) is 3. The van der Waals surface area contributed by atoms with Crippen molar-refractivity contribution in [3.63, 3.8) is 0 Å². The maximum absolute atomic E-state index is 12.0. The molecular weight excluding hydrogens is 306 g/mol. The molecule has 3 aromatic rings. The van der Waals surface area contributed by atoms with E-state index in [1.807, 2.05) is 24.3 Å². The number of fused-ring (bicyclic) bond motifs is 1. The third-order valence-electron chi connectivity index (χ3n) is 4.39. The molecule has 0 aliphatic heterocycles. The lowest BCUT2D eigenvalue weighted by Crippen LogP contribution is -2.11. The van der Waals surface area contributed by atoms with Gasteiger partial charge < -0.3 is 5.32 Å². The predicted octanol–water partition coefficient (Wildman–Crippen LogP) is 2.42. The van der Waals surface area contributed by atoms with Crippen LogP contribution < -0.4 is 10.9 Å². The third kappa shape index (κ3) is 3.10. The van der Waals surface area contributed by atoms with Gasteiger partial charge in [0.25, 0.3) is 5.56 Å². The molecule has 4 N–H and O–H groups in total. The lowest BCUT2D eigenvalue weighted by Gasteiger charge is -2.03. The summed E-state index contributed by atoms with van der Waals surface area (Å²) in [7, 11) is 0. The lowest BCUT2D eigenvalue weighted by atomic mass is 10.1. The van der Waals surface area contributed by atoms with Gasteiger partial charge in [0.05, 0.1) is 10.9 Å². The van der Waals surface area contributed by atoms with Crippen LogP contribution in [0.15, 0.2) is 29.1 Å². The van der Waals surface area contributed by atoms with E-state index in [0.29, 0.717) is 23.5 Å². The molecule has 4 rings (SSSR count). The molecule has 0 spiro atoms. The maximum Gasteiger partial charge on any atom is 0.271 e. The van der Waals surface area contributed by atoms with E-state index in [0.717, 1.165) is 29.6 Å². The van der Waals surface area contributed by atoms with Gasteiger partial charge in [0.2, 0.25) is 5.91 Å². The molecule has 1 aliphatic carbocycles. The number of rotatable bonds is 6. The molecule has 0 bridgehead atoms. The Balaban J connectivity index is 1.29. The summed E-state index contributed by atoms with van der Waals surface area (Å²) < 4.78 is 0. The van der Waals surface area contributed by atoms with E-state index >= 15 is 0 Å². The van der Waals surface area contributed by atoms with Crippen LogP contribution in [0.3, 0.4) is 0 Å². The summed E-state index contributed by atoms with van der Waals surface area (Å²) in [6.07, 6.45) is 4.36. The quantitative estimate of drug-likeness (QED) is 0.559. The molecule has 0 unspecified atom stereocenters. The van der Waals surface area contributed by atoms with Gasteiger partial charge in [0.1, 0.15) is 0 Å². The number of carbonyl (C=O) groups excluding carboxylic acids is 1. The fourth-order valence-electron chi connectivity index (χ4n) is 2.90. The molecule has 1 aromatic carbocycles. The van der Waals surface area contributed by atoms with Crippen LogP contribution in [0.2, 0.25) is 0 Å². The second kappa shape index (κ2) is 5.99. The smallest absolute Gasteiger partial charge is 0.271 e. The second-order valence-corrected chi connectivity index (χ2v) is 6.34. The number of H-pyrrole nitrogens is 3. The molecule has 2 heterocycles. The second-order valence-electron chi connectivity index (χ2n) is 6.34. The number of nitrogens with one attached hydrogen (secondary N) is 4. The number of carbonyl (C=O) groups is 1. The fraction of sp³-hybridized carbons (Fsp3) is 0.353. The van der Waals surface area contributed by atoms with E-state index in [4.69, 9.17) is 0 Å².